The monoisotopic (exact) mass is 647 g/mol. The first-order valence-corrected chi connectivity index (χ1v) is 16.5. The normalized spacial score (nSPS) is 14.9. The Labute approximate surface area is 265 Å². The fourth-order valence-corrected chi connectivity index (χ4v) is 8.01. The number of carbonyl (C=O) groups excluding carboxylic acids is 1. The molecule has 0 fully saturated rings. The Morgan fingerprint density at radius 2 is 1.93 bits per heavy atom. The van der Waals surface area contributed by atoms with Gasteiger partial charge in [-0.25, -0.2) is 14.8 Å². The third-order valence-electron chi connectivity index (χ3n) is 6.96. The minimum absolute atomic E-state index is 0.185. The predicted octanol–water partition coefficient (Wildman–Crippen LogP) is 5.95. The topological polar surface area (TPSA) is 105 Å². The quantitative estimate of drug-likeness (QED) is 0.171. The smallest absolute Gasteiger partial charge is 0.338 e. The number of methoxy groups -OCH3 is 2. The molecule has 2 aromatic carbocycles. The van der Waals surface area contributed by atoms with Crippen molar-refractivity contribution in [2.75, 3.05) is 20.8 Å². The summed E-state index contributed by atoms with van der Waals surface area (Å²) in [5.74, 6) is 1.07. The number of ether oxygens (including phenoxy) is 3. The number of furan rings is 1. The summed E-state index contributed by atoms with van der Waals surface area (Å²) in [6.45, 7) is 3.95. The zero-order chi connectivity index (χ0) is 30.8. The van der Waals surface area contributed by atoms with Crippen LogP contribution in [0.1, 0.15) is 44.1 Å². The van der Waals surface area contributed by atoms with Gasteiger partial charge >= 0.3 is 5.97 Å². The van der Waals surface area contributed by atoms with E-state index in [9.17, 15) is 9.59 Å². The van der Waals surface area contributed by atoms with Gasteiger partial charge in [0.1, 0.15) is 23.3 Å². The van der Waals surface area contributed by atoms with Gasteiger partial charge < -0.3 is 18.6 Å². The standard InChI is InChI=1S/C32H29N3O6S3/c1-5-9-22-27(30(37)40-6-2)28(20-16-18(38-3)12-14-23(20)39-4)35-29(36)25(42-31(35)33-22)17-19-13-15-26(41-19)44-32-34-21-10-7-8-11-24(21)43-32/h7-8,10-17,28H,5-6,9H2,1-4H3/b25-17+/t28-/m1/s1. The lowest BCUT2D eigenvalue weighted by molar-refractivity contribution is -0.139. The maximum atomic E-state index is 14.1. The van der Waals surface area contributed by atoms with E-state index in [0.29, 0.717) is 54.9 Å². The molecule has 1 aliphatic rings. The van der Waals surface area contributed by atoms with Gasteiger partial charge in [0.05, 0.1) is 46.8 Å². The van der Waals surface area contributed by atoms with Crippen LogP contribution in [0.25, 0.3) is 16.3 Å². The Bertz CT molecular complexity index is 2040. The predicted molar refractivity (Wildman–Crippen MR) is 172 cm³/mol. The fourth-order valence-electron chi connectivity index (χ4n) is 5.05. The molecule has 3 aromatic heterocycles. The molecule has 4 heterocycles. The van der Waals surface area contributed by atoms with Crippen LogP contribution in [0.4, 0.5) is 0 Å². The summed E-state index contributed by atoms with van der Waals surface area (Å²) in [7, 11) is 3.12. The Morgan fingerprint density at radius 3 is 2.68 bits per heavy atom. The average Bonchev–Trinajstić information content (AvgIpc) is 3.73. The summed E-state index contributed by atoms with van der Waals surface area (Å²) in [5, 5.41) is 0.664. The molecule has 44 heavy (non-hydrogen) atoms. The highest BCUT2D eigenvalue weighted by Gasteiger charge is 2.36. The van der Waals surface area contributed by atoms with Crippen LogP contribution in [-0.2, 0) is 9.53 Å². The first kappa shape index (κ1) is 29.9. The lowest BCUT2D eigenvalue weighted by Gasteiger charge is -2.27. The van der Waals surface area contributed by atoms with E-state index < -0.39 is 12.0 Å². The highest BCUT2D eigenvalue weighted by Crippen LogP contribution is 2.39. The Hall–Kier alpha value is -4.13. The second-order valence-electron chi connectivity index (χ2n) is 9.73. The number of esters is 1. The van der Waals surface area contributed by atoms with Gasteiger partial charge in [-0.1, -0.05) is 36.8 Å². The van der Waals surface area contributed by atoms with Crippen LogP contribution >= 0.6 is 34.4 Å². The van der Waals surface area contributed by atoms with Crippen LogP contribution in [0.2, 0.25) is 0 Å². The molecule has 0 spiro atoms. The van der Waals surface area contributed by atoms with Crippen LogP contribution in [0.3, 0.4) is 0 Å². The maximum absolute atomic E-state index is 14.1. The molecule has 6 rings (SSSR count). The molecule has 0 N–H and O–H groups in total. The van der Waals surface area contributed by atoms with E-state index in [0.717, 1.165) is 21.0 Å². The molecular formula is C32H29N3O6S3. The van der Waals surface area contributed by atoms with Crippen LogP contribution in [0.15, 0.2) is 89.5 Å². The molecule has 0 unspecified atom stereocenters. The first-order valence-electron chi connectivity index (χ1n) is 14.0. The molecule has 226 valence electrons. The van der Waals surface area contributed by atoms with Crippen molar-refractivity contribution >= 4 is 56.7 Å². The van der Waals surface area contributed by atoms with E-state index in [2.05, 4.69) is 4.98 Å². The lowest BCUT2D eigenvalue weighted by Crippen LogP contribution is -2.40. The molecule has 0 aliphatic carbocycles. The van der Waals surface area contributed by atoms with Crippen LogP contribution in [0, 0.1) is 0 Å². The summed E-state index contributed by atoms with van der Waals surface area (Å²) in [6, 6.07) is 16.2. The van der Waals surface area contributed by atoms with Crippen molar-refractivity contribution < 1.29 is 23.4 Å². The molecule has 0 radical (unpaired) electrons. The van der Waals surface area contributed by atoms with Gasteiger partial charge in [0.25, 0.3) is 5.56 Å². The Kier molecular flexibility index (Phi) is 8.74. The zero-order valence-corrected chi connectivity index (χ0v) is 26.9. The van der Waals surface area contributed by atoms with Gasteiger partial charge in [0.15, 0.2) is 14.2 Å². The minimum Gasteiger partial charge on any atom is -0.497 e. The summed E-state index contributed by atoms with van der Waals surface area (Å²) in [6.07, 6.45) is 2.99. The third kappa shape index (κ3) is 5.72. The van der Waals surface area contributed by atoms with Crippen molar-refractivity contribution in [1.82, 2.24) is 9.55 Å². The van der Waals surface area contributed by atoms with Gasteiger partial charge in [-0.05, 0) is 67.6 Å². The molecular weight excluding hydrogens is 619 g/mol. The van der Waals surface area contributed by atoms with Crippen molar-refractivity contribution in [2.45, 2.75) is 42.2 Å². The number of rotatable bonds is 10. The first-order chi connectivity index (χ1) is 21.4. The van der Waals surface area contributed by atoms with Crippen LogP contribution in [0.5, 0.6) is 11.5 Å². The number of para-hydroxylation sites is 1. The van der Waals surface area contributed by atoms with Crippen molar-refractivity contribution in [3.05, 3.63) is 96.9 Å². The maximum Gasteiger partial charge on any atom is 0.338 e. The number of hydrogen-bond acceptors (Lipinski definition) is 11. The van der Waals surface area contributed by atoms with E-state index in [4.69, 9.17) is 23.6 Å². The number of benzene rings is 2. The van der Waals surface area contributed by atoms with Crippen molar-refractivity contribution in [2.24, 2.45) is 4.99 Å². The summed E-state index contributed by atoms with van der Waals surface area (Å²) < 4.78 is 26.7. The molecule has 0 saturated carbocycles. The lowest BCUT2D eigenvalue weighted by atomic mass is 9.93. The molecule has 5 aromatic rings. The van der Waals surface area contributed by atoms with Crippen molar-refractivity contribution in [3.8, 4) is 11.5 Å². The van der Waals surface area contributed by atoms with Crippen LogP contribution < -0.4 is 24.4 Å². The van der Waals surface area contributed by atoms with Crippen molar-refractivity contribution in [3.63, 3.8) is 0 Å². The Balaban J connectivity index is 1.46. The summed E-state index contributed by atoms with van der Waals surface area (Å²) in [4.78, 5) is 37.6. The van der Waals surface area contributed by atoms with Gasteiger partial charge in [0.2, 0.25) is 0 Å². The second-order valence-corrected chi connectivity index (χ2v) is 13.0. The Morgan fingerprint density at radius 1 is 1.09 bits per heavy atom. The van der Waals surface area contributed by atoms with Gasteiger partial charge in [-0.2, -0.15) is 0 Å². The number of hydrogen-bond donors (Lipinski definition) is 0. The van der Waals surface area contributed by atoms with E-state index in [1.54, 1.807) is 61.3 Å². The molecule has 1 aliphatic heterocycles. The molecule has 12 heteroatoms. The number of aromatic nitrogens is 2. The third-order valence-corrected chi connectivity index (χ3v) is 9.96. The van der Waals surface area contributed by atoms with Gasteiger partial charge in [-0.15, -0.1) is 11.3 Å². The molecule has 0 bridgehead atoms. The van der Waals surface area contributed by atoms with Crippen LogP contribution in [-0.4, -0.2) is 36.3 Å². The number of allylic oxidation sites excluding steroid dienone is 1. The molecule has 1 atom stereocenters. The summed E-state index contributed by atoms with van der Waals surface area (Å²) in [5.41, 5.74) is 2.13. The number of thiazole rings is 2. The molecule has 0 saturated heterocycles. The van der Waals surface area contributed by atoms with Crippen molar-refractivity contribution in [1.29, 1.82) is 0 Å². The highest BCUT2D eigenvalue weighted by molar-refractivity contribution is 8.01. The second kappa shape index (κ2) is 12.8. The minimum atomic E-state index is -0.833. The van der Waals surface area contributed by atoms with E-state index in [-0.39, 0.29) is 12.2 Å². The largest absolute Gasteiger partial charge is 0.497 e. The number of nitrogens with zero attached hydrogens (tertiary/aromatic N) is 3. The van der Waals surface area contributed by atoms with E-state index in [1.165, 1.54) is 23.1 Å². The van der Waals surface area contributed by atoms with Gasteiger partial charge in [-0.3, -0.25) is 9.36 Å². The van der Waals surface area contributed by atoms with E-state index in [1.807, 2.05) is 43.3 Å². The zero-order valence-electron chi connectivity index (χ0n) is 24.5. The number of fused-ring (bicyclic) bond motifs is 2. The average molecular weight is 648 g/mol. The molecule has 9 nitrogen and oxygen atoms in total. The molecule has 0 amide bonds. The van der Waals surface area contributed by atoms with Gasteiger partial charge in [0, 0.05) is 11.6 Å². The fraction of sp³-hybridized carbons (Fsp3) is 0.250. The SMILES string of the molecule is CCCC1=C(C(=O)OCC)[C@@H](c2cc(OC)ccc2OC)n2c(s/c(=C/c3ccc(Sc4nc5ccccc5s4)o3)c2=O)=N1. The highest BCUT2D eigenvalue weighted by atomic mass is 32.2. The number of carbonyl (C=O) groups is 1. The van der Waals surface area contributed by atoms with E-state index >= 15 is 0 Å². The summed E-state index contributed by atoms with van der Waals surface area (Å²) >= 11 is 4.27.